The molecule has 1 N–H and O–H groups in total. The number of hydrogen-bond donors (Lipinski definition) is 1. The van der Waals surface area contributed by atoms with Gasteiger partial charge in [0.25, 0.3) is 5.91 Å². The minimum atomic E-state index is -0.312. The maximum atomic E-state index is 12.2. The number of anilines is 1. The van der Waals surface area contributed by atoms with Gasteiger partial charge in [-0.05, 0) is 31.2 Å². The number of nitrogens with one attached hydrogen (secondary N) is 1. The van der Waals surface area contributed by atoms with Crippen LogP contribution in [0.25, 0.3) is 10.9 Å². The first-order valence-electron chi connectivity index (χ1n) is 6.43. The molecular formula is C16H12ClN3O. The Labute approximate surface area is 126 Å². The van der Waals surface area contributed by atoms with Gasteiger partial charge in [0, 0.05) is 22.3 Å². The molecule has 4 nitrogen and oxygen atoms in total. The number of amides is 1. The van der Waals surface area contributed by atoms with Crippen LogP contribution in [0.4, 0.5) is 5.69 Å². The molecule has 3 rings (SSSR count). The van der Waals surface area contributed by atoms with Crippen LogP contribution < -0.4 is 5.32 Å². The molecule has 0 radical (unpaired) electrons. The quantitative estimate of drug-likeness (QED) is 0.782. The number of rotatable bonds is 2. The van der Waals surface area contributed by atoms with Gasteiger partial charge in [0.1, 0.15) is 5.69 Å². The summed E-state index contributed by atoms with van der Waals surface area (Å²) < 4.78 is 0. The van der Waals surface area contributed by atoms with Crippen LogP contribution in [-0.2, 0) is 0 Å². The van der Waals surface area contributed by atoms with Crippen molar-refractivity contribution in [2.75, 3.05) is 5.32 Å². The van der Waals surface area contributed by atoms with E-state index in [1.165, 1.54) is 12.3 Å². The van der Waals surface area contributed by atoms with E-state index in [4.69, 9.17) is 11.6 Å². The van der Waals surface area contributed by atoms with E-state index in [2.05, 4.69) is 15.3 Å². The topological polar surface area (TPSA) is 54.9 Å². The third-order valence-electron chi connectivity index (χ3n) is 3.06. The predicted octanol–water partition coefficient (Wildman–Crippen LogP) is 3.84. The molecule has 5 heteroatoms. The fourth-order valence-corrected chi connectivity index (χ4v) is 2.22. The molecule has 0 saturated carbocycles. The molecule has 2 aromatic heterocycles. The molecule has 1 amide bonds. The minimum Gasteiger partial charge on any atom is -0.319 e. The smallest absolute Gasteiger partial charge is 0.274 e. The van der Waals surface area contributed by atoms with Crippen LogP contribution in [0.15, 0.2) is 48.7 Å². The Morgan fingerprint density at radius 2 is 2.05 bits per heavy atom. The summed E-state index contributed by atoms with van der Waals surface area (Å²) >= 11 is 5.88. The molecule has 0 atom stereocenters. The van der Waals surface area contributed by atoms with Crippen LogP contribution in [0.1, 0.15) is 16.2 Å². The van der Waals surface area contributed by atoms with Gasteiger partial charge in [0.2, 0.25) is 0 Å². The summed E-state index contributed by atoms with van der Waals surface area (Å²) in [6, 6.07) is 12.7. The zero-order valence-electron chi connectivity index (χ0n) is 11.3. The van der Waals surface area contributed by atoms with Gasteiger partial charge in [-0.3, -0.25) is 14.8 Å². The lowest BCUT2D eigenvalue weighted by Crippen LogP contribution is -2.14. The van der Waals surface area contributed by atoms with Crippen molar-refractivity contribution in [3.63, 3.8) is 0 Å². The Morgan fingerprint density at radius 3 is 2.86 bits per heavy atom. The van der Waals surface area contributed by atoms with Crippen LogP contribution in [0.5, 0.6) is 0 Å². The summed E-state index contributed by atoms with van der Waals surface area (Å²) in [5.41, 5.74) is 2.58. The van der Waals surface area contributed by atoms with E-state index < -0.39 is 0 Å². The SMILES string of the molecule is Cc1ccc2cccc(NC(=O)c3cc(Cl)ccn3)c2n1. The number of nitrogens with zero attached hydrogens (tertiary/aromatic N) is 2. The number of halogens is 1. The van der Waals surface area contributed by atoms with Crippen molar-refractivity contribution in [1.29, 1.82) is 0 Å². The molecule has 2 heterocycles. The number of fused-ring (bicyclic) bond motifs is 1. The first-order valence-corrected chi connectivity index (χ1v) is 6.80. The number of aryl methyl sites for hydroxylation is 1. The third-order valence-corrected chi connectivity index (χ3v) is 3.30. The monoisotopic (exact) mass is 297 g/mol. The minimum absolute atomic E-state index is 0.271. The standard InChI is InChI=1S/C16H12ClN3O/c1-10-5-6-11-3-2-4-13(15(11)19-10)20-16(21)14-9-12(17)7-8-18-14/h2-9H,1H3,(H,20,21). The van der Waals surface area contributed by atoms with Crippen LogP contribution in [-0.4, -0.2) is 15.9 Å². The highest BCUT2D eigenvalue weighted by atomic mass is 35.5. The molecule has 104 valence electrons. The zero-order chi connectivity index (χ0) is 14.8. The van der Waals surface area contributed by atoms with Gasteiger partial charge >= 0.3 is 0 Å². The maximum absolute atomic E-state index is 12.2. The Kier molecular flexibility index (Phi) is 3.54. The van der Waals surface area contributed by atoms with Gasteiger partial charge in [-0.2, -0.15) is 0 Å². The van der Waals surface area contributed by atoms with Gasteiger partial charge in [0.15, 0.2) is 0 Å². The molecule has 0 aliphatic rings. The number of aromatic nitrogens is 2. The Morgan fingerprint density at radius 1 is 1.19 bits per heavy atom. The Hall–Kier alpha value is -2.46. The van der Waals surface area contributed by atoms with Gasteiger partial charge < -0.3 is 5.32 Å². The number of carbonyl (C=O) groups is 1. The second-order valence-corrected chi connectivity index (χ2v) is 5.08. The second kappa shape index (κ2) is 5.50. The largest absolute Gasteiger partial charge is 0.319 e. The molecule has 0 bridgehead atoms. The van der Waals surface area contributed by atoms with Crippen molar-refractivity contribution >= 4 is 34.1 Å². The van der Waals surface area contributed by atoms with E-state index >= 15 is 0 Å². The van der Waals surface area contributed by atoms with Crippen molar-refractivity contribution < 1.29 is 4.79 Å². The summed E-state index contributed by atoms with van der Waals surface area (Å²) in [4.78, 5) is 20.7. The number of para-hydroxylation sites is 1. The maximum Gasteiger partial charge on any atom is 0.274 e. The van der Waals surface area contributed by atoms with Crippen LogP contribution >= 0.6 is 11.6 Å². The fourth-order valence-electron chi connectivity index (χ4n) is 2.06. The van der Waals surface area contributed by atoms with E-state index in [9.17, 15) is 4.79 Å². The highest BCUT2D eigenvalue weighted by molar-refractivity contribution is 6.31. The molecule has 21 heavy (non-hydrogen) atoms. The molecule has 0 spiro atoms. The van der Waals surface area contributed by atoms with E-state index in [0.29, 0.717) is 10.7 Å². The molecule has 1 aromatic carbocycles. The van der Waals surface area contributed by atoms with Crippen molar-refractivity contribution in [1.82, 2.24) is 9.97 Å². The number of pyridine rings is 2. The van der Waals surface area contributed by atoms with Crippen LogP contribution in [0.2, 0.25) is 5.02 Å². The van der Waals surface area contributed by atoms with Gasteiger partial charge in [-0.1, -0.05) is 29.8 Å². The average Bonchev–Trinajstić information content (AvgIpc) is 2.48. The van der Waals surface area contributed by atoms with E-state index in [1.807, 2.05) is 37.3 Å². The second-order valence-electron chi connectivity index (χ2n) is 4.64. The Bertz CT molecular complexity index is 833. The summed E-state index contributed by atoms with van der Waals surface area (Å²) in [6.07, 6.45) is 1.50. The number of benzene rings is 1. The normalized spacial score (nSPS) is 10.6. The van der Waals surface area contributed by atoms with Crippen LogP contribution in [0, 0.1) is 6.92 Å². The lowest BCUT2D eigenvalue weighted by Gasteiger charge is -2.08. The van der Waals surface area contributed by atoms with E-state index in [1.54, 1.807) is 6.07 Å². The lowest BCUT2D eigenvalue weighted by molar-refractivity contribution is 0.102. The zero-order valence-corrected chi connectivity index (χ0v) is 12.1. The molecule has 3 aromatic rings. The molecule has 0 unspecified atom stereocenters. The lowest BCUT2D eigenvalue weighted by atomic mass is 10.1. The van der Waals surface area contributed by atoms with Gasteiger partial charge in [0.05, 0.1) is 11.2 Å². The van der Waals surface area contributed by atoms with Crippen molar-refractivity contribution in [3.05, 3.63) is 65.1 Å². The first kappa shape index (κ1) is 13.5. The van der Waals surface area contributed by atoms with Crippen molar-refractivity contribution in [3.8, 4) is 0 Å². The third kappa shape index (κ3) is 2.85. The van der Waals surface area contributed by atoms with Crippen LogP contribution in [0.3, 0.4) is 0 Å². The van der Waals surface area contributed by atoms with Crippen molar-refractivity contribution in [2.24, 2.45) is 0 Å². The summed E-state index contributed by atoms with van der Waals surface area (Å²) in [6.45, 7) is 1.91. The molecule has 0 aliphatic heterocycles. The summed E-state index contributed by atoms with van der Waals surface area (Å²) in [7, 11) is 0. The molecule has 0 fully saturated rings. The predicted molar refractivity (Wildman–Crippen MR) is 83.7 cm³/mol. The molecule has 0 aliphatic carbocycles. The average molecular weight is 298 g/mol. The Balaban J connectivity index is 1.98. The molecule has 0 saturated heterocycles. The van der Waals surface area contributed by atoms with Crippen molar-refractivity contribution in [2.45, 2.75) is 6.92 Å². The van der Waals surface area contributed by atoms with Gasteiger partial charge in [-0.25, -0.2) is 0 Å². The summed E-state index contributed by atoms with van der Waals surface area (Å²) in [5.74, 6) is -0.312. The van der Waals surface area contributed by atoms with Gasteiger partial charge in [-0.15, -0.1) is 0 Å². The van der Waals surface area contributed by atoms with E-state index in [-0.39, 0.29) is 11.6 Å². The van der Waals surface area contributed by atoms with E-state index in [0.717, 1.165) is 16.6 Å². The number of carbonyl (C=O) groups excluding carboxylic acids is 1. The summed E-state index contributed by atoms with van der Waals surface area (Å²) in [5, 5.41) is 4.28. The first-order chi connectivity index (χ1) is 10.1. The number of hydrogen-bond acceptors (Lipinski definition) is 3. The highest BCUT2D eigenvalue weighted by Gasteiger charge is 2.10. The highest BCUT2D eigenvalue weighted by Crippen LogP contribution is 2.22. The fraction of sp³-hybridized carbons (Fsp3) is 0.0625. The molecular weight excluding hydrogens is 286 g/mol.